The predicted octanol–water partition coefficient (Wildman–Crippen LogP) is 2.32. The Morgan fingerprint density at radius 3 is 3.22 bits per heavy atom. The molecule has 1 aliphatic heterocycles. The van der Waals surface area contributed by atoms with Gasteiger partial charge in [-0.2, -0.15) is 0 Å². The highest BCUT2D eigenvalue weighted by molar-refractivity contribution is 5.58. The lowest BCUT2D eigenvalue weighted by Crippen LogP contribution is -2.16. The largest absolute Gasteiger partial charge is 0.502 e. The Kier molecular flexibility index (Phi) is 4.65. The van der Waals surface area contributed by atoms with Crippen LogP contribution in [0.5, 0.6) is 0 Å². The van der Waals surface area contributed by atoms with Crippen molar-refractivity contribution >= 4 is 5.69 Å². The monoisotopic (exact) mass is 246 g/mol. The molecule has 0 saturated carbocycles. The molecule has 1 aliphatic rings. The van der Waals surface area contributed by atoms with Crippen molar-refractivity contribution in [3.05, 3.63) is 42.2 Å². The van der Waals surface area contributed by atoms with Crippen molar-refractivity contribution in [1.82, 2.24) is 5.32 Å². The number of ether oxygens (including phenoxy) is 1. The maximum absolute atomic E-state index is 5.08. The smallest absolute Gasteiger partial charge is 0.0885 e. The fourth-order valence-electron chi connectivity index (χ4n) is 2.33. The first kappa shape index (κ1) is 13.0. The molecule has 0 aliphatic carbocycles. The van der Waals surface area contributed by atoms with Crippen LogP contribution in [0.4, 0.5) is 5.69 Å². The van der Waals surface area contributed by atoms with E-state index in [1.807, 2.05) is 0 Å². The maximum Gasteiger partial charge on any atom is 0.0885 e. The molecule has 1 N–H and O–H groups in total. The Hall–Kier alpha value is -1.48. The molecule has 3 heteroatoms. The maximum atomic E-state index is 5.08. The minimum Gasteiger partial charge on any atom is -0.502 e. The molecule has 1 aromatic rings. The summed E-state index contributed by atoms with van der Waals surface area (Å²) in [5.41, 5.74) is 4.23. The van der Waals surface area contributed by atoms with Crippen LogP contribution in [0, 0.1) is 0 Å². The first-order chi connectivity index (χ1) is 8.81. The lowest BCUT2D eigenvalue weighted by atomic mass is 10.1. The topological polar surface area (TPSA) is 24.5 Å². The first-order valence-corrected chi connectivity index (χ1v) is 6.57. The van der Waals surface area contributed by atoms with E-state index in [1.165, 1.54) is 29.5 Å². The molecular weight excluding hydrogens is 224 g/mol. The highest BCUT2D eigenvalue weighted by Gasteiger charge is 2.15. The molecule has 0 unspecified atom stereocenters. The van der Waals surface area contributed by atoms with Gasteiger partial charge in [-0.3, -0.25) is 0 Å². The normalized spacial score (nSPS) is 13.5. The Morgan fingerprint density at radius 2 is 2.39 bits per heavy atom. The molecule has 18 heavy (non-hydrogen) atoms. The second kappa shape index (κ2) is 6.45. The summed E-state index contributed by atoms with van der Waals surface area (Å²) < 4.78 is 5.08. The van der Waals surface area contributed by atoms with E-state index >= 15 is 0 Å². The molecule has 1 aromatic carbocycles. The fraction of sp³-hybridized carbons (Fsp3) is 0.467. The van der Waals surface area contributed by atoms with Crippen molar-refractivity contribution in [2.75, 3.05) is 31.6 Å². The third-order valence-electron chi connectivity index (χ3n) is 3.33. The SMILES string of the molecule is C=COCCCNCc1ccc2c(c1)CCN2C. The molecule has 0 saturated heterocycles. The number of rotatable bonds is 7. The molecule has 0 radical (unpaired) electrons. The van der Waals surface area contributed by atoms with Gasteiger partial charge in [-0.1, -0.05) is 18.7 Å². The Morgan fingerprint density at radius 1 is 1.50 bits per heavy atom. The first-order valence-electron chi connectivity index (χ1n) is 6.57. The molecule has 98 valence electrons. The van der Waals surface area contributed by atoms with E-state index < -0.39 is 0 Å². The van der Waals surface area contributed by atoms with Crippen molar-refractivity contribution in [3.8, 4) is 0 Å². The summed E-state index contributed by atoms with van der Waals surface area (Å²) in [7, 11) is 2.16. The van der Waals surface area contributed by atoms with Gasteiger partial charge < -0.3 is 15.0 Å². The van der Waals surface area contributed by atoms with Crippen LogP contribution < -0.4 is 10.2 Å². The molecule has 0 amide bonds. The highest BCUT2D eigenvalue weighted by atomic mass is 16.5. The van der Waals surface area contributed by atoms with Gasteiger partial charge >= 0.3 is 0 Å². The zero-order valence-corrected chi connectivity index (χ0v) is 11.1. The van der Waals surface area contributed by atoms with Crippen molar-refractivity contribution < 1.29 is 4.74 Å². The van der Waals surface area contributed by atoms with Crippen LogP contribution in [0.1, 0.15) is 17.5 Å². The summed E-state index contributed by atoms with van der Waals surface area (Å²) in [6.45, 7) is 7.32. The zero-order valence-electron chi connectivity index (χ0n) is 11.1. The molecule has 0 atom stereocenters. The van der Waals surface area contributed by atoms with Crippen LogP contribution in [0.3, 0.4) is 0 Å². The van der Waals surface area contributed by atoms with Gasteiger partial charge in [0.1, 0.15) is 0 Å². The number of benzene rings is 1. The van der Waals surface area contributed by atoms with E-state index in [1.54, 1.807) is 0 Å². The van der Waals surface area contributed by atoms with Crippen LogP contribution in [0.25, 0.3) is 0 Å². The molecule has 0 aromatic heterocycles. The number of hydrogen-bond donors (Lipinski definition) is 1. The number of nitrogens with zero attached hydrogens (tertiary/aromatic N) is 1. The van der Waals surface area contributed by atoms with Crippen LogP contribution in [-0.4, -0.2) is 26.7 Å². The summed E-state index contributed by atoms with van der Waals surface area (Å²) in [6, 6.07) is 6.78. The van der Waals surface area contributed by atoms with Gasteiger partial charge in [0.25, 0.3) is 0 Å². The molecule has 1 heterocycles. The van der Waals surface area contributed by atoms with Crippen LogP contribution >= 0.6 is 0 Å². The summed E-state index contributed by atoms with van der Waals surface area (Å²) >= 11 is 0. The highest BCUT2D eigenvalue weighted by Crippen LogP contribution is 2.27. The Balaban J connectivity index is 1.75. The zero-order chi connectivity index (χ0) is 12.8. The van der Waals surface area contributed by atoms with Crippen LogP contribution in [0.15, 0.2) is 31.0 Å². The lowest BCUT2D eigenvalue weighted by molar-refractivity contribution is 0.244. The summed E-state index contributed by atoms with van der Waals surface area (Å²) in [6.07, 6.45) is 3.68. The third kappa shape index (κ3) is 3.26. The van der Waals surface area contributed by atoms with E-state index in [2.05, 4.69) is 42.0 Å². The number of nitrogens with one attached hydrogen (secondary N) is 1. The number of anilines is 1. The van der Waals surface area contributed by atoms with E-state index in [0.29, 0.717) is 0 Å². The second-order valence-electron chi connectivity index (χ2n) is 4.70. The second-order valence-corrected chi connectivity index (χ2v) is 4.70. The minimum atomic E-state index is 0.742. The van der Waals surface area contributed by atoms with Gasteiger partial charge in [-0.05, 0) is 36.6 Å². The van der Waals surface area contributed by atoms with Gasteiger partial charge in [0.2, 0.25) is 0 Å². The van der Waals surface area contributed by atoms with Crippen LogP contribution in [0.2, 0.25) is 0 Å². The number of hydrogen-bond acceptors (Lipinski definition) is 3. The van der Waals surface area contributed by atoms with E-state index in [4.69, 9.17) is 4.74 Å². The van der Waals surface area contributed by atoms with E-state index in [0.717, 1.165) is 32.7 Å². The molecule has 3 nitrogen and oxygen atoms in total. The van der Waals surface area contributed by atoms with Crippen molar-refractivity contribution in [3.63, 3.8) is 0 Å². The minimum absolute atomic E-state index is 0.742. The van der Waals surface area contributed by atoms with Gasteiger partial charge in [-0.25, -0.2) is 0 Å². The van der Waals surface area contributed by atoms with Crippen molar-refractivity contribution in [2.45, 2.75) is 19.4 Å². The Labute approximate surface area is 109 Å². The quantitative estimate of drug-likeness (QED) is 0.590. The fourth-order valence-corrected chi connectivity index (χ4v) is 2.33. The molecular formula is C15H22N2O. The molecule has 0 bridgehead atoms. The van der Waals surface area contributed by atoms with Gasteiger partial charge in [0.15, 0.2) is 0 Å². The van der Waals surface area contributed by atoms with Gasteiger partial charge in [0, 0.05) is 25.8 Å². The molecule has 0 spiro atoms. The van der Waals surface area contributed by atoms with Crippen LogP contribution in [-0.2, 0) is 17.7 Å². The van der Waals surface area contributed by atoms with E-state index in [-0.39, 0.29) is 0 Å². The van der Waals surface area contributed by atoms with Gasteiger partial charge in [0.05, 0.1) is 12.9 Å². The third-order valence-corrected chi connectivity index (χ3v) is 3.33. The predicted molar refractivity (Wildman–Crippen MR) is 75.9 cm³/mol. The van der Waals surface area contributed by atoms with E-state index in [9.17, 15) is 0 Å². The summed E-state index contributed by atoms with van der Waals surface area (Å²) in [5, 5.41) is 3.44. The van der Waals surface area contributed by atoms with Crippen molar-refractivity contribution in [1.29, 1.82) is 0 Å². The average Bonchev–Trinajstić information content (AvgIpc) is 2.75. The van der Waals surface area contributed by atoms with Gasteiger partial charge in [-0.15, -0.1) is 0 Å². The average molecular weight is 246 g/mol. The Bertz CT molecular complexity index is 403. The summed E-state index contributed by atoms with van der Waals surface area (Å²) in [4.78, 5) is 2.32. The van der Waals surface area contributed by atoms with Crippen molar-refractivity contribution in [2.24, 2.45) is 0 Å². The number of likely N-dealkylation sites (N-methyl/N-ethyl adjacent to an activating group) is 1. The summed E-state index contributed by atoms with van der Waals surface area (Å²) in [5.74, 6) is 0. The standard InChI is InChI=1S/C15H22N2O/c1-3-18-10-4-8-16-12-13-5-6-15-14(11-13)7-9-17(15)2/h3,5-6,11,16H,1,4,7-10,12H2,2H3. The molecule has 2 rings (SSSR count). The number of fused-ring (bicyclic) bond motifs is 1. The lowest BCUT2D eigenvalue weighted by Gasteiger charge is -2.12. The molecule has 0 fully saturated rings.